The first-order chi connectivity index (χ1) is 7.08. The molecule has 0 aliphatic rings. The minimum Gasteiger partial charge on any atom is -0.494 e. The van der Waals surface area contributed by atoms with Crippen molar-refractivity contribution in [2.75, 3.05) is 7.11 Å². The van der Waals surface area contributed by atoms with Crippen LogP contribution < -0.4 is 4.74 Å². The highest BCUT2D eigenvalue weighted by atomic mass is 16.5. The molecule has 0 spiro atoms. The van der Waals surface area contributed by atoms with E-state index >= 15 is 0 Å². The molecular formula is C12H15NO2. The number of hydrogen-bond acceptors (Lipinski definition) is 3. The molecule has 0 amide bonds. The van der Waals surface area contributed by atoms with E-state index in [2.05, 4.69) is 4.99 Å². The molecule has 3 nitrogen and oxygen atoms in total. The van der Waals surface area contributed by atoms with Crippen molar-refractivity contribution in [1.29, 1.82) is 0 Å². The van der Waals surface area contributed by atoms with E-state index in [1.165, 1.54) is 0 Å². The predicted molar refractivity (Wildman–Crippen MR) is 61.6 cm³/mol. The predicted octanol–water partition coefficient (Wildman–Crippen LogP) is 2.93. The standard InChI is InChI=1S/C12H15NO2/c1-8(2)13-12-9(3)5-10(7-14)6-11(12)15-4/h5-7H,1-4H3. The molecule has 0 atom stereocenters. The second-order valence-electron chi connectivity index (χ2n) is 3.57. The van der Waals surface area contributed by atoms with Gasteiger partial charge in [0.25, 0.3) is 0 Å². The fourth-order valence-corrected chi connectivity index (χ4v) is 1.36. The number of ether oxygens (including phenoxy) is 1. The number of aliphatic imine (C=N–C) groups is 1. The molecule has 15 heavy (non-hydrogen) atoms. The van der Waals surface area contributed by atoms with E-state index in [0.717, 1.165) is 23.2 Å². The largest absolute Gasteiger partial charge is 0.494 e. The van der Waals surface area contributed by atoms with Gasteiger partial charge in [0.05, 0.1) is 7.11 Å². The summed E-state index contributed by atoms with van der Waals surface area (Å²) in [4.78, 5) is 15.0. The van der Waals surface area contributed by atoms with Gasteiger partial charge in [-0.1, -0.05) is 0 Å². The quantitative estimate of drug-likeness (QED) is 0.562. The van der Waals surface area contributed by atoms with Gasteiger partial charge in [0.2, 0.25) is 0 Å². The molecule has 0 N–H and O–H groups in total. The molecule has 3 heteroatoms. The van der Waals surface area contributed by atoms with Crippen molar-refractivity contribution in [2.24, 2.45) is 4.99 Å². The van der Waals surface area contributed by atoms with E-state index in [4.69, 9.17) is 4.74 Å². The second kappa shape index (κ2) is 4.73. The molecule has 0 aromatic heterocycles. The zero-order valence-electron chi connectivity index (χ0n) is 9.50. The first kappa shape index (κ1) is 11.4. The highest BCUT2D eigenvalue weighted by Gasteiger charge is 2.07. The summed E-state index contributed by atoms with van der Waals surface area (Å²) in [5, 5.41) is 0. The summed E-state index contributed by atoms with van der Waals surface area (Å²) in [5.41, 5.74) is 3.30. The lowest BCUT2D eigenvalue weighted by Gasteiger charge is -2.08. The Morgan fingerprint density at radius 1 is 1.40 bits per heavy atom. The van der Waals surface area contributed by atoms with E-state index < -0.39 is 0 Å². The van der Waals surface area contributed by atoms with Crippen LogP contribution in [0.2, 0.25) is 0 Å². The molecule has 1 aromatic carbocycles. The Morgan fingerprint density at radius 3 is 2.53 bits per heavy atom. The van der Waals surface area contributed by atoms with Crippen molar-refractivity contribution in [3.8, 4) is 5.75 Å². The van der Waals surface area contributed by atoms with Crippen LogP contribution in [-0.2, 0) is 0 Å². The fourth-order valence-electron chi connectivity index (χ4n) is 1.36. The molecule has 0 saturated heterocycles. The first-order valence-corrected chi connectivity index (χ1v) is 4.74. The van der Waals surface area contributed by atoms with Crippen LogP contribution in [0.3, 0.4) is 0 Å². The number of rotatable bonds is 3. The third-order valence-electron chi connectivity index (χ3n) is 1.98. The van der Waals surface area contributed by atoms with Gasteiger partial charge in [-0.3, -0.25) is 9.79 Å². The summed E-state index contributed by atoms with van der Waals surface area (Å²) < 4.78 is 5.20. The molecule has 0 heterocycles. The smallest absolute Gasteiger partial charge is 0.150 e. The van der Waals surface area contributed by atoms with Crippen molar-refractivity contribution in [2.45, 2.75) is 20.8 Å². The lowest BCUT2D eigenvalue weighted by molar-refractivity contribution is 0.112. The number of nitrogens with zero attached hydrogens (tertiary/aromatic N) is 1. The molecule has 1 aromatic rings. The minimum atomic E-state index is 0.608. The van der Waals surface area contributed by atoms with Crippen molar-refractivity contribution in [1.82, 2.24) is 0 Å². The van der Waals surface area contributed by atoms with E-state index in [1.54, 1.807) is 19.2 Å². The van der Waals surface area contributed by atoms with Gasteiger partial charge in [-0.15, -0.1) is 0 Å². The highest BCUT2D eigenvalue weighted by molar-refractivity contribution is 5.85. The third kappa shape index (κ3) is 2.65. The number of hydrogen-bond donors (Lipinski definition) is 0. The number of benzene rings is 1. The Hall–Kier alpha value is -1.64. The van der Waals surface area contributed by atoms with Crippen LogP contribution in [0.15, 0.2) is 17.1 Å². The topological polar surface area (TPSA) is 38.7 Å². The second-order valence-corrected chi connectivity index (χ2v) is 3.57. The summed E-state index contributed by atoms with van der Waals surface area (Å²) >= 11 is 0. The van der Waals surface area contributed by atoms with E-state index in [1.807, 2.05) is 20.8 Å². The van der Waals surface area contributed by atoms with Crippen molar-refractivity contribution in [3.05, 3.63) is 23.3 Å². The minimum absolute atomic E-state index is 0.608. The van der Waals surface area contributed by atoms with Crippen LogP contribution in [0.1, 0.15) is 29.8 Å². The molecule has 0 radical (unpaired) electrons. The van der Waals surface area contributed by atoms with Gasteiger partial charge >= 0.3 is 0 Å². The van der Waals surface area contributed by atoms with E-state index in [9.17, 15) is 4.79 Å². The van der Waals surface area contributed by atoms with Crippen molar-refractivity contribution >= 4 is 17.7 Å². The van der Waals surface area contributed by atoms with Gasteiger partial charge in [0, 0.05) is 11.3 Å². The van der Waals surface area contributed by atoms with Crippen LogP contribution in [0, 0.1) is 6.92 Å². The summed E-state index contributed by atoms with van der Waals surface area (Å²) in [5.74, 6) is 0.637. The van der Waals surface area contributed by atoms with Gasteiger partial charge in [-0.25, -0.2) is 0 Å². The maximum atomic E-state index is 10.7. The zero-order valence-corrected chi connectivity index (χ0v) is 9.50. The van der Waals surface area contributed by atoms with Crippen LogP contribution in [0.5, 0.6) is 5.75 Å². The zero-order chi connectivity index (χ0) is 11.4. The molecule has 0 fully saturated rings. The first-order valence-electron chi connectivity index (χ1n) is 4.74. The highest BCUT2D eigenvalue weighted by Crippen LogP contribution is 2.32. The van der Waals surface area contributed by atoms with Gasteiger partial charge in [-0.05, 0) is 38.5 Å². The van der Waals surface area contributed by atoms with Gasteiger partial charge in [0.1, 0.15) is 17.7 Å². The average molecular weight is 205 g/mol. The molecule has 0 aliphatic carbocycles. The summed E-state index contributed by atoms with van der Waals surface area (Å²) in [6, 6.07) is 3.50. The summed E-state index contributed by atoms with van der Waals surface area (Å²) in [6.45, 7) is 5.76. The number of methoxy groups -OCH3 is 1. The Bertz CT molecular complexity index is 404. The lowest BCUT2D eigenvalue weighted by Crippen LogP contribution is -1.91. The van der Waals surface area contributed by atoms with Crippen LogP contribution in [0.25, 0.3) is 0 Å². The van der Waals surface area contributed by atoms with Crippen LogP contribution in [-0.4, -0.2) is 19.1 Å². The molecule has 0 saturated carbocycles. The lowest BCUT2D eigenvalue weighted by atomic mass is 10.1. The van der Waals surface area contributed by atoms with Crippen LogP contribution in [0.4, 0.5) is 5.69 Å². The molecule has 0 unspecified atom stereocenters. The van der Waals surface area contributed by atoms with Gasteiger partial charge in [0.15, 0.2) is 0 Å². The molecule has 80 valence electrons. The van der Waals surface area contributed by atoms with Crippen molar-refractivity contribution in [3.63, 3.8) is 0 Å². The molecule has 0 aliphatic heterocycles. The molecular weight excluding hydrogens is 190 g/mol. The number of carbonyl (C=O) groups is 1. The summed E-state index contributed by atoms with van der Waals surface area (Å²) in [6.07, 6.45) is 0.807. The van der Waals surface area contributed by atoms with Gasteiger partial charge < -0.3 is 4.74 Å². The molecule has 1 rings (SSSR count). The SMILES string of the molecule is COc1cc(C=O)cc(C)c1N=C(C)C. The number of aldehydes is 1. The maximum Gasteiger partial charge on any atom is 0.150 e. The molecule has 0 bridgehead atoms. The van der Waals surface area contributed by atoms with E-state index in [0.29, 0.717) is 11.3 Å². The van der Waals surface area contributed by atoms with Gasteiger partial charge in [-0.2, -0.15) is 0 Å². The summed E-state index contributed by atoms with van der Waals surface area (Å²) in [7, 11) is 1.58. The normalized spacial score (nSPS) is 9.60. The number of carbonyl (C=O) groups excluding carboxylic acids is 1. The monoisotopic (exact) mass is 205 g/mol. The Labute approximate surface area is 89.8 Å². The Morgan fingerprint density at radius 2 is 2.07 bits per heavy atom. The average Bonchev–Trinajstić information content (AvgIpc) is 2.20. The Balaban J connectivity index is 3.37. The third-order valence-corrected chi connectivity index (χ3v) is 1.98. The van der Waals surface area contributed by atoms with Crippen molar-refractivity contribution < 1.29 is 9.53 Å². The Kier molecular flexibility index (Phi) is 3.61. The maximum absolute atomic E-state index is 10.7. The van der Waals surface area contributed by atoms with E-state index in [-0.39, 0.29) is 0 Å². The number of aryl methyl sites for hydroxylation is 1. The fraction of sp³-hybridized carbons (Fsp3) is 0.333. The van der Waals surface area contributed by atoms with Crippen LogP contribution >= 0.6 is 0 Å².